The number of benzene rings is 15. The normalized spacial score (nSPS) is 11.6. The average molecular weight is 1810 g/mol. The highest BCUT2D eigenvalue weighted by Crippen LogP contribution is 2.63. The first kappa shape index (κ1) is 92.1. The summed E-state index contributed by atoms with van der Waals surface area (Å²) in [7, 11) is 15.1. The zero-order valence-corrected chi connectivity index (χ0v) is 81.0. The van der Waals surface area contributed by atoms with Gasteiger partial charge in [-0.1, -0.05) is 248 Å². The second-order valence-electron chi connectivity index (χ2n) is 35.5. The van der Waals surface area contributed by atoms with E-state index < -0.39 is 5.41 Å². The van der Waals surface area contributed by atoms with Crippen LogP contribution in [0.1, 0.15) is 72.7 Å². The van der Waals surface area contributed by atoms with Crippen molar-refractivity contribution in [1.82, 2.24) is 19.9 Å². The van der Waals surface area contributed by atoms with Crippen LogP contribution >= 0.6 is 0 Å². The highest BCUT2D eigenvalue weighted by molar-refractivity contribution is 5.97. The molecule has 2 aliphatic carbocycles. The van der Waals surface area contributed by atoms with Crippen molar-refractivity contribution in [1.29, 1.82) is 0 Å². The summed E-state index contributed by atoms with van der Waals surface area (Å²) < 4.78 is 59.3. The number of aryl methyl sites for hydroxylation is 7. The molecule has 0 bridgehead atoms. The lowest BCUT2D eigenvalue weighted by atomic mass is 9.70. The molecule has 19 aromatic rings. The lowest BCUT2D eigenvalue weighted by Gasteiger charge is -2.30. The predicted molar refractivity (Wildman–Crippen MR) is 552 cm³/mol. The fourth-order valence-electron chi connectivity index (χ4n) is 19.8. The Kier molecular flexibility index (Phi) is 26.3. The molecule has 0 saturated carbocycles. The first-order valence-electron chi connectivity index (χ1n) is 46.5. The molecule has 0 saturated heterocycles. The Labute approximate surface area is 807 Å². The summed E-state index contributed by atoms with van der Waals surface area (Å²) in [6.45, 7) is 18.9. The Hall–Kier alpha value is -16.3. The number of hydrogen-bond acceptors (Lipinski definition) is 8. The van der Waals surface area contributed by atoms with Gasteiger partial charge in [-0.25, -0.2) is 28.7 Å². The van der Waals surface area contributed by atoms with Crippen LogP contribution in [0.2, 0.25) is 0 Å². The molecular weight excluding hydrogens is 1700 g/mol. The summed E-state index contributed by atoms with van der Waals surface area (Å²) in [6.07, 6.45) is 2.04. The third-order valence-corrected chi connectivity index (χ3v) is 27.1. The van der Waals surface area contributed by atoms with Gasteiger partial charge in [0.2, 0.25) is 39.9 Å². The molecule has 0 aliphatic heterocycles. The van der Waals surface area contributed by atoms with E-state index in [0.717, 1.165) is 181 Å². The van der Waals surface area contributed by atoms with Crippen LogP contribution < -0.4 is 37.2 Å². The van der Waals surface area contributed by atoms with Crippen LogP contribution in [-0.2, 0) is 33.6 Å². The van der Waals surface area contributed by atoms with Gasteiger partial charge in [-0.2, -0.15) is 18.3 Å². The zero-order chi connectivity index (χ0) is 96.3. The highest BCUT2D eigenvalue weighted by atomic mass is 19.1. The largest absolute Gasteiger partial charge is 0.497 e. The monoisotopic (exact) mass is 1810 g/mol. The quantitative estimate of drug-likeness (QED) is 0.0881. The van der Waals surface area contributed by atoms with Gasteiger partial charge in [0.25, 0.3) is 0 Å². The molecule has 4 aromatic heterocycles. The third kappa shape index (κ3) is 17.4. The zero-order valence-electron chi connectivity index (χ0n) is 81.0. The Morgan fingerprint density at radius 1 is 0.246 bits per heavy atom. The minimum atomic E-state index is -0.456. The molecule has 0 fully saturated rings. The molecule has 12 nitrogen and oxygen atoms in total. The van der Waals surface area contributed by atoms with Gasteiger partial charge in [-0.05, 0) is 224 Å². The number of para-hydroxylation sites is 1. The van der Waals surface area contributed by atoms with Crippen molar-refractivity contribution in [2.24, 2.45) is 28.2 Å². The average Bonchev–Trinajstić information content (AvgIpc) is 1.50. The van der Waals surface area contributed by atoms with E-state index in [1.807, 2.05) is 111 Å². The molecule has 0 radical (unpaired) electrons. The van der Waals surface area contributed by atoms with E-state index in [4.69, 9.17) is 38.9 Å². The molecule has 14 heteroatoms. The number of rotatable bonds is 16. The van der Waals surface area contributed by atoms with Gasteiger partial charge in [-0.3, -0.25) is 0 Å². The van der Waals surface area contributed by atoms with Crippen LogP contribution in [0.3, 0.4) is 0 Å². The SMILES string of the molecule is COc1ccc(-c2nc(-c3ccccc3)c(C)[n+](C)c2-c2ccc(OC)cc2C)cc1.COc1ccccc1-c1nc(-c2ccccc2)c(C)[n+](C)c1-c1c(C)cccc1OC.Cc1cc(F)ccc1-c1c(-c2ccc(F)cc2)nc(-c2ccc3c(c2)C2(c4ccccc4-c4ccccc42)c2ccccc2-3)c[n+]1C.Cc1ccc(-c2nc(-c3ccccc3)c(C)[n+](C)c2-c2ccc(C)cc2C)cc1. The molecule has 0 atom stereocenters. The van der Waals surface area contributed by atoms with E-state index in [-0.39, 0.29) is 11.6 Å². The minimum absolute atomic E-state index is 0.287. The van der Waals surface area contributed by atoms with Gasteiger partial charge >= 0.3 is 0 Å². The van der Waals surface area contributed by atoms with Crippen LogP contribution in [0.15, 0.2) is 358 Å². The first-order valence-corrected chi connectivity index (χ1v) is 46.5. The second-order valence-corrected chi connectivity index (χ2v) is 35.5. The van der Waals surface area contributed by atoms with Gasteiger partial charge in [0, 0.05) is 65.3 Å². The van der Waals surface area contributed by atoms with Crippen molar-refractivity contribution >= 4 is 0 Å². The van der Waals surface area contributed by atoms with E-state index in [2.05, 4.69) is 313 Å². The van der Waals surface area contributed by atoms with Crippen molar-refractivity contribution in [3.63, 3.8) is 0 Å². The number of ether oxygens (including phenoxy) is 4. The topological polar surface area (TPSA) is 104 Å². The molecule has 15 aromatic carbocycles. The van der Waals surface area contributed by atoms with Crippen LogP contribution in [0.5, 0.6) is 23.0 Å². The lowest BCUT2D eigenvalue weighted by molar-refractivity contribution is -0.666. The smallest absolute Gasteiger partial charge is 0.243 e. The van der Waals surface area contributed by atoms with Gasteiger partial charge in [0.05, 0.1) is 56.1 Å². The molecular formula is C124H110F2N8O4+4. The number of hydrogen-bond donors (Lipinski definition) is 0. The third-order valence-electron chi connectivity index (χ3n) is 27.1. The van der Waals surface area contributed by atoms with E-state index in [0.29, 0.717) is 5.69 Å². The van der Waals surface area contributed by atoms with Crippen molar-refractivity contribution in [2.45, 2.75) is 67.7 Å². The number of nitrogens with zero attached hydrogens (tertiary/aromatic N) is 8. The summed E-state index contributed by atoms with van der Waals surface area (Å²) >= 11 is 0. The Balaban J connectivity index is 0.000000125. The first-order chi connectivity index (χ1) is 67.0. The Morgan fingerprint density at radius 2 is 0.616 bits per heavy atom. The standard InChI is InChI=1S/C43H29F2N2.2C27H27N2O2.C27H27N2/c1-26-23-30(45)20-22-31(26)42-41(27-15-18-29(44)19-16-27)46-40(25-47(42)2)28-17-21-35-34-11-5-8-14-38(34)43(39(35)24-28)36-12-6-3-9-32(36)33-10-4-7-13-37(33)43;1-18-12-11-17-23(31-5)24(18)27-26(21-15-9-10-16-22(21)30-4)28-25(19(2)29(27)3)20-13-7-6-8-14-20;1-18-17-23(31-5)15-16-24(18)27-26(21-11-13-22(30-4)14-12-21)28-25(19(2)29(27)3)20-9-7-6-8-10-20;1-18-11-14-23(15-12-18)26-27(24-16-13-19(2)17-20(24)3)29(5)21(4)25(28-26)22-9-7-6-8-10-22/h3-25H,1-2H3;2*6-17H,1-5H3;6-17H,1-5H3/q4*+1. The molecule has 1 spiro atoms. The fraction of sp³-hybridized carbons (Fsp3) is 0.145. The summed E-state index contributed by atoms with van der Waals surface area (Å²) in [5.74, 6) is 2.68. The van der Waals surface area contributed by atoms with Crippen LogP contribution in [0, 0.1) is 73.9 Å². The molecule has 0 unspecified atom stereocenters. The maximum atomic E-state index is 14.2. The van der Waals surface area contributed by atoms with E-state index in [1.165, 1.54) is 91.0 Å². The number of halogens is 2. The van der Waals surface area contributed by atoms with Crippen molar-refractivity contribution < 1.29 is 46.0 Å². The number of fused-ring (bicyclic) bond motifs is 10. The van der Waals surface area contributed by atoms with Gasteiger partial charge in [0.1, 0.15) is 108 Å². The molecule has 0 amide bonds. The summed E-state index contributed by atoms with van der Waals surface area (Å²) in [4.78, 5) is 20.9. The van der Waals surface area contributed by atoms with E-state index >= 15 is 0 Å². The summed E-state index contributed by atoms with van der Waals surface area (Å²) in [5, 5.41) is 0. The van der Waals surface area contributed by atoms with Gasteiger partial charge < -0.3 is 18.9 Å². The lowest BCUT2D eigenvalue weighted by Crippen LogP contribution is -2.37. The van der Waals surface area contributed by atoms with Gasteiger partial charge in [-0.15, -0.1) is 0 Å². The second kappa shape index (κ2) is 39.3. The van der Waals surface area contributed by atoms with Gasteiger partial charge in [0.15, 0.2) is 6.20 Å². The molecule has 680 valence electrons. The Bertz CT molecular complexity index is 7780. The molecule has 0 N–H and O–H groups in total. The number of methoxy groups -OCH3 is 4. The van der Waals surface area contributed by atoms with E-state index in [9.17, 15) is 8.78 Å². The summed E-state index contributed by atoms with van der Waals surface area (Å²) in [6, 6.07) is 119. The van der Waals surface area contributed by atoms with Crippen molar-refractivity contribution in [3.8, 4) is 180 Å². The predicted octanol–water partition coefficient (Wildman–Crippen LogP) is 27.1. The molecule has 138 heavy (non-hydrogen) atoms. The van der Waals surface area contributed by atoms with Crippen LogP contribution in [0.25, 0.3) is 157 Å². The maximum Gasteiger partial charge on any atom is 0.243 e. The minimum Gasteiger partial charge on any atom is -0.497 e. The van der Waals surface area contributed by atoms with Crippen molar-refractivity contribution in [3.05, 3.63) is 442 Å². The number of aromatic nitrogens is 8. The molecule has 2 aliphatic rings. The molecule has 21 rings (SSSR count). The fourth-order valence-corrected chi connectivity index (χ4v) is 19.8. The highest BCUT2D eigenvalue weighted by Gasteiger charge is 2.52. The summed E-state index contributed by atoms with van der Waals surface area (Å²) in [5.41, 5.74) is 43.6. The van der Waals surface area contributed by atoms with Crippen LogP contribution in [0.4, 0.5) is 8.78 Å². The van der Waals surface area contributed by atoms with E-state index in [1.54, 1.807) is 46.6 Å². The Morgan fingerprint density at radius 3 is 1.11 bits per heavy atom. The molecule has 4 heterocycles. The van der Waals surface area contributed by atoms with Crippen LogP contribution in [-0.4, -0.2) is 48.4 Å². The van der Waals surface area contributed by atoms with Crippen molar-refractivity contribution in [2.75, 3.05) is 28.4 Å². The maximum absolute atomic E-state index is 14.2.